The van der Waals surface area contributed by atoms with E-state index in [0.29, 0.717) is 23.2 Å². The van der Waals surface area contributed by atoms with Gasteiger partial charge in [-0.3, -0.25) is 14.5 Å². The molecule has 0 N–H and O–H groups in total. The molecule has 0 unspecified atom stereocenters. The van der Waals surface area contributed by atoms with Crippen molar-refractivity contribution in [3.8, 4) is 0 Å². The van der Waals surface area contributed by atoms with E-state index in [1.165, 1.54) is 32.4 Å². The predicted molar refractivity (Wildman–Crippen MR) is 188 cm³/mol. The third-order valence-corrected chi connectivity index (χ3v) is 9.86. The molecule has 3 aliphatic heterocycles. The van der Waals surface area contributed by atoms with Gasteiger partial charge < -0.3 is 19.1 Å². The van der Waals surface area contributed by atoms with E-state index >= 15 is 0 Å². The van der Waals surface area contributed by atoms with Crippen molar-refractivity contribution < 1.29 is 14.0 Å². The van der Waals surface area contributed by atoms with Crippen molar-refractivity contribution >= 4 is 34.2 Å². The summed E-state index contributed by atoms with van der Waals surface area (Å²) in [5.41, 5.74) is 4.22. The summed E-state index contributed by atoms with van der Waals surface area (Å²) >= 11 is 0. The van der Waals surface area contributed by atoms with Crippen LogP contribution in [0.15, 0.2) is 58.8 Å². The third kappa shape index (κ3) is 6.90. The second kappa shape index (κ2) is 14.5. The van der Waals surface area contributed by atoms with Gasteiger partial charge in [-0.1, -0.05) is 52.3 Å². The minimum Gasteiger partial charge on any atom is -0.451 e. The van der Waals surface area contributed by atoms with Gasteiger partial charge in [0, 0.05) is 36.1 Å². The van der Waals surface area contributed by atoms with Crippen LogP contribution >= 0.6 is 0 Å². The molecule has 0 radical (unpaired) electrons. The van der Waals surface area contributed by atoms with Gasteiger partial charge in [0.1, 0.15) is 11.4 Å². The highest BCUT2D eigenvalue weighted by molar-refractivity contribution is 6.14. The van der Waals surface area contributed by atoms with E-state index < -0.39 is 0 Å². The zero-order valence-electron chi connectivity index (χ0n) is 28.4. The Bertz CT molecular complexity index is 1550. The van der Waals surface area contributed by atoms with E-state index in [4.69, 9.17) is 4.42 Å². The van der Waals surface area contributed by atoms with Crippen LogP contribution in [0.3, 0.4) is 0 Å². The van der Waals surface area contributed by atoms with Crippen molar-refractivity contribution in [1.82, 2.24) is 9.80 Å². The Balaban J connectivity index is 1.36. The highest BCUT2D eigenvalue weighted by Gasteiger charge is 2.39. The highest BCUT2D eigenvalue weighted by atomic mass is 16.3. The number of amides is 2. The summed E-state index contributed by atoms with van der Waals surface area (Å²) in [5.74, 6) is 2.33. The lowest BCUT2D eigenvalue weighted by atomic mass is 10.0. The molecule has 7 heteroatoms. The first kappa shape index (κ1) is 32.4. The topological polar surface area (TPSA) is 60.2 Å². The van der Waals surface area contributed by atoms with Gasteiger partial charge in [-0.2, -0.15) is 0 Å². The fraction of sp³-hybridized carbons (Fsp3) is 0.538. The molecule has 2 aromatic carbocycles. The normalized spacial score (nSPS) is 18.2. The van der Waals surface area contributed by atoms with Gasteiger partial charge in [-0.25, -0.2) is 0 Å². The SMILES string of the molecule is CC(C)CCN(CCC(C)C)C(=O)c1ccc2c(c1)N(CCCN1CCCCC1)/C1=C/CCCc3c(oc4ccccc34)C(=O)N12. The number of piperidine rings is 1. The van der Waals surface area contributed by atoms with E-state index in [1.54, 1.807) is 0 Å². The fourth-order valence-electron chi connectivity index (χ4n) is 7.17. The number of aryl methyl sites for hydroxylation is 1. The standard InChI is InChI=1S/C39H52N4O3/c1-28(2)19-25-41(26-20-29(3)4)38(44)30-17-18-33-34(27-30)42(24-12-23-40-21-10-5-11-22-40)36-16-9-7-14-32-31-13-6-8-15-35(31)46-37(32)39(45)43(33)36/h6,8,13,15-18,27-29H,5,7,9-12,14,19-26H2,1-4H3/b36-16-. The summed E-state index contributed by atoms with van der Waals surface area (Å²) in [6.07, 6.45) is 11.6. The van der Waals surface area contributed by atoms with Crippen molar-refractivity contribution in [3.63, 3.8) is 0 Å². The molecule has 1 aromatic heterocycles. The van der Waals surface area contributed by atoms with Crippen molar-refractivity contribution in [1.29, 1.82) is 0 Å². The van der Waals surface area contributed by atoms with Crippen LogP contribution in [-0.2, 0) is 6.42 Å². The Morgan fingerprint density at radius 2 is 1.63 bits per heavy atom. The van der Waals surface area contributed by atoms with Crippen LogP contribution in [0.5, 0.6) is 0 Å². The van der Waals surface area contributed by atoms with Gasteiger partial charge in [0.25, 0.3) is 11.8 Å². The van der Waals surface area contributed by atoms with Crippen LogP contribution in [0.2, 0.25) is 0 Å². The maximum atomic E-state index is 14.5. The van der Waals surface area contributed by atoms with Crippen molar-refractivity contribution in [2.75, 3.05) is 49.1 Å². The zero-order chi connectivity index (χ0) is 32.2. The van der Waals surface area contributed by atoms with E-state index in [2.05, 4.69) is 49.6 Å². The summed E-state index contributed by atoms with van der Waals surface area (Å²) < 4.78 is 6.29. The fourth-order valence-corrected chi connectivity index (χ4v) is 7.17. The number of rotatable bonds is 11. The van der Waals surface area contributed by atoms with E-state index in [-0.39, 0.29) is 11.8 Å². The molecule has 4 heterocycles. The first-order valence-corrected chi connectivity index (χ1v) is 17.8. The quantitative estimate of drug-likeness (QED) is 0.214. The zero-order valence-corrected chi connectivity index (χ0v) is 28.4. The largest absolute Gasteiger partial charge is 0.451 e. The summed E-state index contributed by atoms with van der Waals surface area (Å²) in [6, 6.07) is 13.9. The molecule has 0 aliphatic carbocycles. The molecule has 0 bridgehead atoms. The minimum absolute atomic E-state index is 0.0772. The number of hydrogen-bond donors (Lipinski definition) is 0. The average Bonchev–Trinajstić information content (AvgIpc) is 3.59. The van der Waals surface area contributed by atoms with Gasteiger partial charge in [-0.05, 0) is 113 Å². The Morgan fingerprint density at radius 3 is 2.37 bits per heavy atom. The molecular formula is C39H52N4O3. The van der Waals surface area contributed by atoms with Crippen molar-refractivity contribution in [2.45, 2.75) is 85.5 Å². The summed E-state index contributed by atoms with van der Waals surface area (Å²) in [4.78, 5) is 37.4. The molecule has 3 aliphatic rings. The number of carbonyl (C=O) groups is 2. The molecule has 246 valence electrons. The number of allylic oxidation sites excluding steroid dienone is 1. The Morgan fingerprint density at radius 1 is 0.891 bits per heavy atom. The van der Waals surface area contributed by atoms with Crippen LogP contribution in [0.1, 0.15) is 106 Å². The van der Waals surface area contributed by atoms with Gasteiger partial charge in [0.05, 0.1) is 11.4 Å². The number of benzene rings is 2. The first-order valence-electron chi connectivity index (χ1n) is 17.8. The highest BCUT2D eigenvalue weighted by Crippen LogP contribution is 2.45. The van der Waals surface area contributed by atoms with Crippen LogP contribution in [-0.4, -0.2) is 60.9 Å². The molecular weight excluding hydrogens is 572 g/mol. The molecule has 7 nitrogen and oxygen atoms in total. The van der Waals surface area contributed by atoms with E-state index in [9.17, 15) is 9.59 Å². The number of anilines is 2. The lowest BCUT2D eigenvalue weighted by Crippen LogP contribution is -2.36. The monoisotopic (exact) mass is 624 g/mol. The number of nitrogens with zero attached hydrogens (tertiary/aromatic N) is 4. The van der Waals surface area contributed by atoms with E-state index in [1.807, 2.05) is 46.2 Å². The summed E-state index contributed by atoms with van der Waals surface area (Å²) in [7, 11) is 0. The van der Waals surface area contributed by atoms with Gasteiger partial charge in [0.15, 0.2) is 5.76 Å². The molecule has 1 fully saturated rings. The summed E-state index contributed by atoms with van der Waals surface area (Å²) in [5, 5.41) is 1.02. The van der Waals surface area contributed by atoms with Crippen LogP contribution < -0.4 is 9.80 Å². The molecule has 1 saturated heterocycles. The lowest BCUT2D eigenvalue weighted by Gasteiger charge is -2.28. The molecule has 6 rings (SSSR count). The number of carbonyl (C=O) groups excluding carboxylic acids is 2. The molecule has 0 saturated carbocycles. The Labute approximate surface area is 275 Å². The van der Waals surface area contributed by atoms with Crippen molar-refractivity contribution in [3.05, 3.63) is 71.2 Å². The number of para-hydroxylation sites is 1. The molecule has 3 aromatic rings. The van der Waals surface area contributed by atoms with Crippen LogP contribution in [0.4, 0.5) is 11.4 Å². The van der Waals surface area contributed by atoms with E-state index in [0.717, 1.165) is 98.4 Å². The predicted octanol–water partition coefficient (Wildman–Crippen LogP) is 8.49. The lowest BCUT2D eigenvalue weighted by molar-refractivity contribution is 0.0740. The number of hydrogen-bond acceptors (Lipinski definition) is 5. The smallest absolute Gasteiger partial charge is 0.300 e. The second-order valence-corrected chi connectivity index (χ2v) is 14.3. The maximum absolute atomic E-state index is 14.5. The Hall–Kier alpha value is -3.58. The van der Waals surface area contributed by atoms with Crippen LogP contribution in [0.25, 0.3) is 11.0 Å². The minimum atomic E-state index is -0.131. The molecule has 2 amide bonds. The number of likely N-dealkylation sites (tertiary alicyclic amines) is 1. The van der Waals surface area contributed by atoms with Gasteiger partial charge >= 0.3 is 0 Å². The molecule has 0 spiro atoms. The molecule has 46 heavy (non-hydrogen) atoms. The number of fused-ring (bicyclic) bond motifs is 6. The van der Waals surface area contributed by atoms with Gasteiger partial charge in [-0.15, -0.1) is 0 Å². The van der Waals surface area contributed by atoms with Crippen LogP contribution in [0, 0.1) is 11.8 Å². The number of furan rings is 1. The Kier molecular flexibility index (Phi) is 10.2. The summed E-state index contributed by atoms with van der Waals surface area (Å²) in [6.45, 7) is 14.5. The maximum Gasteiger partial charge on any atom is 0.300 e. The van der Waals surface area contributed by atoms with Crippen molar-refractivity contribution in [2.24, 2.45) is 11.8 Å². The first-order chi connectivity index (χ1) is 22.3. The molecule has 0 atom stereocenters. The average molecular weight is 625 g/mol. The second-order valence-electron chi connectivity index (χ2n) is 14.3. The van der Waals surface area contributed by atoms with Gasteiger partial charge in [0.2, 0.25) is 0 Å². The third-order valence-electron chi connectivity index (χ3n) is 9.86.